The minimum absolute atomic E-state index is 0.243. The number of hydrogen-bond acceptors (Lipinski definition) is 3. The number of rotatable bonds is 5. The second-order valence-corrected chi connectivity index (χ2v) is 6.25. The molecule has 0 saturated carbocycles. The van der Waals surface area contributed by atoms with Crippen molar-refractivity contribution in [3.8, 4) is 0 Å². The summed E-state index contributed by atoms with van der Waals surface area (Å²) in [5.41, 5.74) is 0. The molecular weight excluding hydrogens is 224 g/mol. The molecule has 18 heavy (non-hydrogen) atoms. The summed E-state index contributed by atoms with van der Waals surface area (Å²) in [6.07, 6.45) is 5.32. The maximum atomic E-state index is 10.1. The quantitative estimate of drug-likeness (QED) is 0.756. The van der Waals surface area contributed by atoms with Crippen LogP contribution in [0.2, 0.25) is 0 Å². The molecule has 3 heteroatoms. The van der Waals surface area contributed by atoms with Gasteiger partial charge in [0.2, 0.25) is 0 Å². The second kappa shape index (κ2) is 6.18. The fourth-order valence-electron chi connectivity index (χ4n) is 3.37. The van der Waals surface area contributed by atoms with Crippen LogP contribution in [0.25, 0.3) is 0 Å². The van der Waals surface area contributed by atoms with Crippen LogP contribution in [0, 0.1) is 17.8 Å². The molecule has 2 aliphatic rings. The van der Waals surface area contributed by atoms with Gasteiger partial charge in [-0.3, -0.25) is 4.90 Å². The lowest BCUT2D eigenvalue weighted by Gasteiger charge is -2.28. The van der Waals surface area contributed by atoms with Crippen molar-refractivity contribution in [1.29, 1.82) is 0 Å². The van der Waals surface area contributed by atoms with Crippen LogP contribution >= 0.6 is 0 Å². The van der Waals surface area contributed by atoms with E-state index in [1.807, 2.05) is 0 Å². The zero-order chi connectivity index (χ0) is 13.1. The van der Waals surface area contributed by atoms with Crippen LogP contribution in [0.5, 0.6) is 0 Å². The summed E-state index contributed by atoms with van der Waals surface area (Å²) in [7, 11) is 0. The molecule has 0 amide bonds. The zero-order valence-electron chi connectivity index (χ0n) is 12.0. The van der Waals surface area contributed by atoms with Crippen LogP contribution in [0.4, 0.5) is 0 Å². The van der Waals surface area contributed by atoms with Crippen molar-refractivity contribution in [3.63, 3.8) is 0 Å². The monoisotopic (exact) mass is 252 g/mol. The summed E-state index contributed by atoms with van der Waals surface area (Å²) in [4.78, 5) is 4.87. The Kier molecular flexibility index (Phi) is 4.82. The first-order valence-corrected chi connectivity index (χ1v) is 7.37. The van der Waals surface area contributed by atoms with E-state index >= 15 is 0 Å². The SMILES string of the molecule is C/C=C/CCN1CC2CN(C(O)C(C)C)CC2C1. The Hall–Kier alpha value is -0.380. The molecule has 104 valence electrons. The number of nitrogens with zero attached hydrogens (tertiary/aromatic N) is 2. The molecule has 0 aromatic rings. The Balaban J connectivity index is 1.77. The van der Waals surface area contributed by atoms with E-state index in [9.17, 15) is 5.11 Å². The van der Waals surface area contributed by atoms with E-state index in [0.717, 1.165) is 24.9 Å². The van der Waals surface area contributed by atoms with E-state index in [-0.39, 0.29) is 6.23 Å². The van der Waals surface area contributed by atoms with E-state index in [4.69, 9.17) is 0 Å². The van der Waals surface area contributed by atoms with Crippen LogP contribution in [0.3, 0.4) is 0 Å². The van der Waals surface area contributed by atoms with E-state index in [1.165, 1.54) is 26.1 Å². The van der Waals surface area contributed by atoms with Gasteiger partial charge in [0.05, 0.1) is 0 Å². The first-order valence-electron chi connectivity index (χ1n) is 7.37. The van der Waals surface area contributed by atoms with Crippen molar-refractivity contribution >= 4 is 0 Å². The predicted molar refractivity (Wildman–Crippen MR) is 75.3 cm³/mol. The highest BCUT2D eigenvalue weighted by molar-refractivity contribution is 4.94. The van der Waals surface area contributed by atoms with E-state index < -0.39 is 0 Å². The summed E-state index contributed by atoms with van der Waals surface area (Å²) < 4.78 is 0. The summed E-state index contributed by atoms with van der Waals surface area (Å²) in [5, 5.41) is 10.1. The second-order valence-electron chi connectivity index (χ2n) is 6.25. The number of likely N-dealkylation sites (tertiary alicyclic amines) is 2. The molecule has 0 aliphatic carbocycles. The van der Waals surface area contributed by atoms with Gasteiger partial charge < -0.3 is 10.0 Å². The van der Waals surface area contributed by atoms with Crippen molar-refractivity contribution in [2.24, 2.45) is 17.8 Å². The number of fused-ring (bicyclic) bond motifs is 1. The van der Waals surface area contributed by atoms with E-state index in [2.05, 4.69) is 42.7 Å². The van der Waals surface area contributed by atoms with Crippen LogP contribution in [0.1, 0.15) is 27.2 Å². The third-order valence-electron chi connectivity index (χ3n) is 4.41. The molecule has 0 spiro atoms. The van der Waals surface area contributed by atoms with E-state index in [1.54, 1.807) is 0 Å². The lowest BCUT2D eigenvalue weighted by molar-refractivity contribution is -0.0212. The minimum atomic E-state index is -0.243. The van der Waals surface area contributed by atoms with Gasteiger partial charge in [0.1, 0.15) is 6.23 Å². The Bertz CT molecular complexity index is 276. The predicted octanol–water partition coefficient (Wildman–Crippen LogP) is 1.79. The maximum absolute atomic E-state index is 10.1. The maximum Gasteiger partial charge on any atom is 0.109 e. The number of allylic oxidation sites excluding steroid dienone is 1. The van der Waals surface area contributed by atoms with Gasteiger partial charge in [-0.1, -0.05) is 26.0 Å². The Labute approximate surface area is 111 Å². The molecule has 2 rings (SSSR count). The molecule has 2 heterocycles. The van der Waals surface area contributed by atoms with Gasteiger partial charge >= 0.3 is 0 Å². The third kappa shape index (κ3) is 3.14. The molecule has 0 aromatic carbocycles. The molecule has 3 unspecified atom stereocenters. The largest absolute Gasteiger partial charge is 0.378 e. The molecule has 3 nitrogen and oxygen atoms in total. The third-order valence-corrected chi connectivity index (χ3v) is 4.41. The topological polar surface area (TPSA) is 26.7 Å². The highest BCUT2D eigenvalue weighted by atomic mass is 16.3. The number of aliphatic hydroxyl groups excluding tert-OH is 1. The Morgan fingerprint density at radius 2 is 1.78 bits per heavy atom. The van der Waals surface area contributed by atoms with Gasteiger partial charge in [-0.25, -0.2) is 0 Å². The molecular formula is C15H28N2O. The first-order chi connectivity index (χ1) is 8.61. The average molecular weight is 252 g/mol. The van der Waals surface area contributed by atoms with Gasteiger partial charge in [-0.2, -0.15) is 0 Å². The molecule has 3 atom stereocenters. The summed E-state index contributed by atoms with van der Waals surface area (Å²) in [5.74, 6) is 1.91. The summed E-state index contributed by atoms with van der Waals surface area (Å²) in [6, 6.07) is 0. The summed E-state index contributed by atoms with van der Waals surface area (Å²) >= 11 is 0. The molecule has 2 saturated heterocycles. The van der Waals surface area contributed by atoms with Gasteiger partial charge in [-0.05, 0) is 31.1 Å². The van der Waals surface area contributed by atoms with E-state index in [0.29, 0.717) is 5.92 Å². The van der Waals surface area contributed by atoms with Gasteiger partial charge in [0.25, 0.3) is 0 Å². The van der Waals surface area contributed by atoms with Gasteiger partial charge in [0.15, 0.2) is 0 Å². The fourth-order valence-corrected chi connectivity index (χ4v) is 3.37. The highest BCUT2D eigenvalue weighted by Gasteiger charge is 2.41. The van der Waals surface area contributed by atoms with Crippen molar-refractivity contribution in [2.45, 2.75) is 33.4 Å². The average Bonchev–Trinajstić information content (AvgIpc) is 2.85. The molecule has 1 N–H and O–H groups in total. The lowest BCUT2D eigenvalue weighted by Crippen LogP contribution is -2.39. The number of hydrogen-bond donors (Lipinski definition) is 1. The summed E-state index contributed by atoms with van der Waals surface area (Å²) in [6.45, 7) is 12.1. The van der Waals surface area contributed by atoms with Crippen LogP contribution < -0.4 is 0 Å². The molecule has 0 radical (unpaired) electrons. The van der Waals surface area contributed by atoms with Crippen molar-refractivity contribution in [3.05, 3.63) is 12.2 Å². The molecule has 2 fully saturated rings. The minimum Gasteiger partial charge on any atom is -0.378 e. The fraction of sp³-hybridized carbons (Fsp3) is 0.867. The number of aliphatic hydroxyl groups is 1. The highest BCUT2D eigenvalue weighted by Crippen LogP contribution is 2.32. The molecule has 0 bridgehead atoms. The molecule has 2 aliphatic heterocycles. The van der Waals surface area contributed by atoms with Gasteiger partial charge in [-0.15, -0.1) is 0 Å². The first kappa shape index (κ1) is 14.0. The standard InChI is InChI=1S/C15H28N2O/c1-4-5-6-7-16-8-13-10-17(11-14(13)9-16)15(18)12(2)3/h4-5,12-15,18H,6-11H2,1-3H3/b5-4+. The van der Waals surface area contributed by atoms with Crippen molar-refractivity contribution < 1.29 is 5.11 Å². The van der Waals surface area contributed by atoms with Crippen LogP contribution in [0.15, 0.2) is 12.2 Å². The Morgan fingerprint density at radius 3 is 2.28 bits per heavy atom. The molecule has 0 aromatic heterocycles. The van der Waals surface area contributed by atoms with Crippen molar-refractivity contribution in [2.75, 3.05) is 32.7 Å². The normalized spacial score (nSPS) is 31.6. The lowest BCUT2D eigenvalue weighted by atomic mass is 10.0. The Morgan fingerprint density at radius 1 is 1.17 bits per heavy atom. The van der Waals surface area contributed by atoms with Crippen LogP contribution in [-0.4, -0.2) is 53.9 Å². The van der Waals surface area contributed by atoms with Crippen molar-refractivity contribution in [1.82, 2.24) is 9.80 Å². The smallest absolute Gasteiger partial charge is 0.109 e. The van der Waals surface area contributed by atoms with Gasteiger partial charge in [0, 0.05) is 32.7 Å². The van der Waals surface area contributed by atoms with Crippen LogP contribution in [-0.2, 0) is 0 Å². The zero-order valence-corrected chi connectivity index (χ0v) is 12.0.